The van der Waals surface area contributed by atoms with Gasteiger partial charge in [0, 0.05) is 17.1 Å². The average molecular weight is 750 g/mol. The molecule has 0 atom stereocenters. The van der Waals surface area contributed by atoms with Crippen molar-refractivity contribution in [2.75, 3.05) is 9.80 Å². The van der Waals surface area contributed by atoms with E-state index < -0.39 is 6.04 Å². The van der Waals surface area contributed by atoms with E-state index in [1.165, 1.54) is 0 Å². The third kappa shape index (κ3) is 5.96. The van der Waals surface area contributed by atoms with E-state index in [1.54, 1.807) is 0 Å². The van der Waals surface area contributed by atoms with Crippen LogP contribution in [0.1, 0.15) is 6.85 Å². The summed E-state index contributed by atoms with van der Waals surface area (Å²) < 4.78 is 54.6. The molecule has 0 aromatic heterocycles. The number of fused-ring (bicyclic) bond motifs is 4. The van der Waals surface area contributed by atoms with E-state index in [0.717, 1.165) is 90.5 Å². The first-order chi connectivity index (χ1) is 30.8. The van der Waals surface area contributed by atoms with Gasteiger partial charge in [0.25, 0.3) is 0 Å². The molecule has 0 aliphatic carbocycles. The molecule has 0 radical (unpaired) electrons. The van der Waals surface area contributed by atoms with Crippen LogP contribution in [0.4, 0.5) is 34.1 Å². The van der Waals surface area contributed by atoms with Crippen molar-refractivity contribution in [1.29, 1.82) is 0 Å². The van der Waals surface area contributed by atoms with E-state index in [1.807, 2.05) is 78.9 Å². The van der Waals surface area contributed by atoms with Gasteiger partial charge in [0.1, 0.15) is 5.69 Å². The fourth-order valence-corrected chi connectivity index (χ4v) is 7.92. The molecule has 2 heterocycles. The summed E-state index contributed by atoms with van der Waals surface area (Å²) in [5.74, 6) is 3.02. The molecule has 0 saturated heterocycles. The molecule has 9 aromatic rings. The number of hydrogen-bond donors (Lipinski definition) is 0. The van der Waals surface area contributed by atoms with Gasteiger partial charge in [-0.05, 0) is 123 Å². The lowest BCUT2D eigenvalue weighted by molar-refractivity contribution is 0.446. The third-order valence-electron chi connectivity index (χ3n) is 10.7. The monoisotopic (exact) mass is 749 g/mol. The number of anilines is 6. The Hall–Kier alpha value is -7.82. The number of ether oxygens (including phenoxy) is 2. The summed E-state index contributed by atoms with van der Waals surface area (Å²) in [6.07, 6.45) is 0. The summed E-state index contributed by atoms with van der Waals surface area (Å²) >= 11 is 0. The van der Waals surface area contributed by atoms with Crippen LogP contribution < -0.4 is 19.3 Å². The predicted octanol–water partition coefficient (Wildman–Crippen LogP) is 15.5. The molecule has 0 amide bonds. The minimum atomic E-state index is -0.410. The van der Waals surface area contributed by atoms with E-state index >= 15 is 0 Å². The molecule has 4 nitrogen and oxygen atoms in total. The van der Waals surface area contributed by atoms with Gasteiger partial charge in [-0.2, -0.15) is 0 Å². The zero-order valence-electron chi connectivity index (χ0n) is 36.1. The van der Waals surface area contributed by atoms with E-state index in [-0.39, 0.29) is 29.7 Å². The van der Waals surface area contributed by atoms with Crippen LogP contribution in [0.25, 0.3) is 44.5 Å². The van der Waals surface area contributed by atoms with Crippen molar-refractivity contribution in [3.05, 3.63) is 218 Å². The molecule has 2 aliphatic heterocycles. The number of nitrogens with zero attached hydrogens (tertiary/aromatic N) is 2. The van der Waals surface area contributed by atoms with Gasteiger partial charge in [-0.3, -0.25) is 4.90 Å². The second-order valence-electron chi connectivity index (χ2n) is 14.2. The van der Waals surface area contributed by atoms with Gasteiger partial charge in [0.05, 0.1) is 18.2 Å². The minimum absolute atomic E-state index is 0.172. The third-order valence-corrected chi connectivity index (χ3v) is 10.7. The lowest BCUT2D eigenvalue weighted by Gasteiger charge is -2.38. The molecule has 4 heteroatoms. The van der Waals surface area contributed by atoms with Crippen LogP contribution >= 0.6 is 0 Å². The second kappa shape index (κ2) is 14.0. The fourth-order valence-electron chi connectivity index (χ4n) is 7.92. The lowest BCUT2D eigenvalue weighted by atomic mass is 9.97. The van der Waals surface area contributed by atoms with Crippen LogP contribution in [0.3, 0.4) is 0 Å². The Morgan fingerprint density at radius 1 is 0.345 bits per heavy atom. The predicted molar refractivity (Wildman–Crippen MR) is 238 cm³/mol. The second-order valence-corrected chi connectivity index (χ2v) is 14.2. The van der Waals surface area contributed by atoms with Crippen molar-refractivity contribution in [3.63, 3.8) is 0 Å². The molecule has 9 aromatic carbocycles. The first-order valence-electron chi connectivity index (χ1n) is 21.7. The number of para-hydroxylation sites is 4. The molecule has 274 valence electrons. The standard InChI is InChI=1S/C54H36N2O2/c1-3-12-37(13-4-1)39-22-28-45(29-23-39)55(46-30-24-40(25-31-46)38-14-5-2-6-15-38)47-32-26-41(27-33-47)42-16-11-17-43(34-42)44-35-52-54-53(36-44)58-51-21-10-8-19-49(51)56(54)48-18-7-9-20-50(48)57-52/h1-36H/i1D,3D,4D,12D,13D. The highest BCUT2D eigenvalue weighted by Gasteiger charge is 2.35. The lowest BCUT2D eigenvalue weighted by Crippen LogP contribution is -2.20. The molecular formula is C54H36N2O2. The van der Waals surface area contributed by atoms with Crippen molar-refractivity contribution in [2.24, 2.45) is 0 Å². The molecule has 2 aliphatic rings. The molecular weight excluding hydrogens is 709 g/mol. The Morgan fingerprint density at radius 3 is 1.33 bits per heavy atom. The Balaban J connectivity index is 0.945. The van der Waals surface area contributed by atoms with Gasteiger partial charge in [0.2, 0.25) is 0 Å². The van der Waals surface area contributed by atoms with Crippen molar-refractivity contribution in [2.45, 2.75) is 0 Å². The van der Waals surface area contributed by atoms with Gasteiger partial charge in [-0.15, -0.1) is 0 Å². The molecule has 0 saturated carbocycles. The minimum Gasteiger partial charge on any atom is -0.453 e. The molecule has 0 fully saturated rings. The van der Waals surface area contributed by atoms with Crippen LogP contribution in [0.15, 0.2) is 218 Å². The maximum absolute atomic E-state index is 8.54. The fraction of sp³-hybridized carbons (Fsp3) is 0. The summed E-state index contributed by atoms with van der Waals surface area (Å²) in [5.41, 5.74) is 12.5. The Morgan fingerprint density at radius 2 is 0.776 bits per heavy atom. The van der Waals surface area contributed by atoms with E-state index in [2.05, 4.69) is 119 Å². The Labute approximate surface area is 345 Å². The Bertz CT molecular complexity index is 3130. The van der Waals surface area contributed by atoms with E-state index in [9.17, 15) is 0 Å². The van der Waals surface area contributed by atoms with Gasteiger partial charge in [0.15, 0.2) is 23.0 Å². The maximum atomic E-state index is 8.54. The normalized spacial score (nSPS) is 13.2. The molecule has 0 bridgehead atoms. The summed E-state index contributed by atoms with van der Waals surface area (Å²) in [5, 5.41) is 0. The topological polar surface area (TPSA) is 24.9 Å². The van der Waals surface area contributed by atoms with Gasteiger partial charge < -0.3 is 14.4 Å². The quantitative estimate of drug-likeness (QED) is 0.162. The maximum Gasteiger partial charge on any atom is 0.156 e. The first-order valence-corrected chi connectivity index (χ1v) is 19.2. The highest BCUT2D eigenvalue weighted by Crippen LogP contribution is 2.60. The van der Waals surface area contributed by atoms with Crippen molar-refractivity contribution < 1.29 is 16.3 Å². The van der Waals surface area contributed by atoms with Crippen LogP contribution in [0.5, 0.6) is 23.0 Å². The average Bonchev–Trinajstić information content (AvgIpc) is 3.34. The number of rotatable bonds is 7. The van der Waals surface area contributed by atoms with Gasteiger partial charge >= 0.3 is 0 Å². The molecule has 11 rings (SSSR count). The SMILES string of the molecule is [2H]c1c([2H])c([2H])c(-c2ccc(N(c3ccc(-c4ccccc4)cc3)c3ccc(-c4cccc(-c5cc6c7c(c5)Oc5ccccc5N7c5ccccc5O6)c4)cc3)cc2)c([2H])c1[2H]. The summed E-state index contributed by atoms with van der Waals surface area (Å²) in [7, 11) is 0. The molecule has 0 spiro atoms. The summed E-state index contributed by atoms with van der Waals surface area (Å²) in [4.78, 5) is 4.37. The smallest absolute Gasteiger partial charge is 0.156 e. The Kier molecular flexibility index (Phi) is 6.91. The van der Waals surface area contributed by atoms with Crippen molar-refractivity contribution in [3.8, 4) is 67.5 Å². The molecule has 58 heavy (non-hydrogen) atoms. The zero-order valence-corrected chi connectivity index (χ0v) is 31.1. The highest BCUT2D eigenvalue weighted by atomic mass is 16.5. The van der Waals surface area contributed by atoms with Crippen molar-refractivity contribution >= 4 is 34.1 Å². The highest BCUT2D eigenvalue weighted by molar-refractivity contribution is 5.95. The van der Waals surface area contributed by atoms with E-state index in [0.29, 0.717) is 5.56 Å². The summed E-state index contributed by atoms with van der Waals surface area (Å²) in [6.45, 7) is 0. The first kappa shape index (κ1) is 28.6. The van der Waals surface area contributed by atoms with Crippen LogP contribution in [0.2, 0.25) is 0 Å². The largest absolute Gasteiger partial charge is 0.453 e. The van der Waals surface area contributed by atoms with Gasteiger partial charge in [-0.25, -0.2) is 0 Å². The van der Waals surface area contributed by atoms with E-state index in [4.69, 9.17) is 16.3 Å². The number of hydrogen-bond acceptors (Lipinski definition) is 4. The molecule has 0 N–H and O–H groups in total. The zero-order chi connectivity index (χ0) is 42.8. The van der Waals surface area contributed by atoms with Crippen molar-refractivity contribution in [1.82, 2.24) is 0 Å². The van der Waals surface area contributed by atoms with Crippen LogP contribution in [-0.4, -0.2) is 0 Å². The van der Waals surface area contributed by atoms with Gasteiger partial charge in [-0.1, -0.05) is 139 Å². The number of benzene rings is 9. The molecule has 0 unspecified atom stereocenters. The van der Waals surface area contributed by atoms with Crippen LogP contribution in [0, 0.1) is 0 Å². The van der Waals surface area contributed by atoms with Crippen LogP contribution in [-0.2, 0) is 0 Å². The summed E-state index contributed by atoms with van der Waals surface area (Å²) in [6, 6.07) is 61.8.